The number of anilines is 2. The zero-order chi connectivity index (χ0) is 18.9. The van der Waals surface area contributed by atoms with Crippen LogP contribution in [0, 0.1) is 0 Å². The van der Waals surface area contributed by atoms with Crippen LogP contribution in [0.3, 0.4) is 0 Å². The van der Waals surface area contributed by atoms with Gasteiger partial charge in [0, 0.05) is 12.2 Å². The third-order valence-corrected chi connectivity index (χ3v) is 4.32. The number of hydrogen-bond acceptors (Lipinski definition) is 4. The standard InChI is InChI=1S/C22H24N4O/c1-2-18-12-6-7-13-19(18)26-22(27)20-15-25-21(16-24-20)23-14-8-11-17-9-4-3-5-10-17/h3-7,9-10,12-13,15-16H,2,8,11,14H2,1H3,(H,23,25)(H,26,27). The van der Waals surface area contributed by atoms with E-state index in [1.165, 1.54) is 11.8 Å². The monoisotopic (exact) mass is 360 g/mol. The summed E-state index contributed by atoms with van der Waals surface area (Å²) in [5, 5.41) is 6.15. The van der Waals surface area contributed by atoms with Crippen LogP contribution in [0.5, 0.6) is 0 Å². The van der Waals surface area contributed by atoms with Gasteiger partial charge in [0.05, 0.1) is 12.4 Å². The summed E-state index contributed by atoms with van der Waals surface area (Å²) >= 11 is 0. The smallest absolute Gasteiger partial charge is 0.275 e. The Morgan fingerprint density at radius 1 is 0.963 bits per heavy atom. The number of carbonyl (C=O) groups is 1. The normalized spacial score (nSPS) is 10.4. The highest BCUT2D eigenvalue weighted by Gasteiger charge is 2.10. The first-order valence-corrected chi connectivity index (χ1v) is 9.25. The lowest BCUT2D eigenvalue weighted by Gasteiger charge is -2.09. The lowest BCUT2D eigenvalue weighted by Crippen LogP contribution is -2.15. The van der Waals surface area contributed by atoms with Crippen molar-refractivity contribution in [2.45, 2.75) is 26.2 Å². The van der Waals surface area contributed by atoms with Crippen LogP contribution in [-0.2, 0) is 12.8 Å². The predicted molar refractivity (Wildman–Crippen MR) is 109 cm³/mol. The van der Waals surface area contributed by atoms with Gasteiger partial charge in [0.2, 0.25) is 0 Å². The summed E-state index contributed by atoms with van der Waals surface area (Å²) in [6.45, 7) is 2.86. The minimum atomic E-state index is -0.251. The van der Waals surface area contributed by atoms with Gasteiger partial charge in [-0.1, -0.05) is 55.5 Å². The number of nitrogens with one attached hydrogen (secondary N) is 2. The molecule has 0 aliphatic heterocycles. The number of benzene rings is 2. The van der Waals surface area contributed by atoms with Gasteiger partial charge in [-0.3, -0.25) is 4.79 Å². The second kappa shape index (κ2) is 9.48. The number of aromatic nitrogens is 2. The van der Waals surface area contributed by atoms with Gasteiger partial charge < -0.3 is 10.6 Å². The number of rotatable bonds is 8. The largest absolute Gasteiger partial charge is 0.369 e. The fourth-order valence-electron chi connectivity index (χ4n) is 2.83. The summed E-state index contributed by atoms with van der Waals surface area (Å²) in [6.07, 6.45) is 5.97. The summed E-state index contributed by atoms with van der Waals surface area (Å²) < 4.78 is 0. The number of hydrogen-bond donors (Lipinski definition) is 2. The summed E-state index contributed by atoms with van der Waals surface area (Å²) in [7, 11) is 0. The van der Waals surface area contributed by atoms with Crippen LogP contribution in [0.2, 0.25) is 0 Å². The van der Waals surface area contributed by atoms with Crippen LogP contribution in [0.15, 0.2) is 67.0 Å². The first kappa shape index (κ1) is 18.6. The van der Waals surface area contributed by atoms with E-state index in [2.05, 4.69) is 51.8 Å². The molecule has 2 aromatic carbocycles. The van der Waals surface area contributed by atoms with Crippen molar-refractivity contribution in [3.63, 3.8) is 0 Å². The average molecular weight is 360 g/mol. The van der Waals surface area contributed by atoms with E-state index in [9.17, 15) is 4.79 Å². The highest BCUT2D eigenvalue weighted by Crippen LogP contribution is 2.16. The number of para-hydroxylation sites is 1. The van der Waals surface area contributed by atoms with Crippen LogP contribution >= 0.6 is 0 Å². The molecule has 0 bridgehead atoms. The van der Waals surface area contributed by atoms with Crippen molar-refractivity contribution in [3.05, 3.63) is 83.8 Å². The second-order valence-electron chi connectivity index (χ2n) is 6.27. The Labute approximate surface area is 159 Å². The van der Waals surface area contributed by atoms with Crippen molar-refractivity contribution in [2.75, 3.05) is 17.2 Å². The minimum Gasteiger partial charge on any atom is -0.369 e. The molecule has 2 N–H and O–H groups in total. The molecule has 0 atom stereocenters. The molecule has 3 aromatic rings. The topological polar surface area (TPSA) is 66.9 Å². The molecule has 0 unspecified atom stereocenters. The lowest BCUT2D eigenvalue weighted by atomic mass is 10.1. The molecule has 0 spiro atoms. The van der Waals surface area contributed by atoms with Crippen LogP contribution in [0.4, 0.5) is 11.5 Å². The van der Waals surface area contributed by atoms with Gasteiger partial charge in [-0.05, 0) is 36.5 Å². The number of carbonyl (C=O) groups excluding carboxylic acids is 1. The molecule has 1 amide bonds. The molecular weight excluding hydrogens is 336 g/mol. The van der Waals surface area contributed by atoms with E-state index in [0.29, 0.717) is 11.5 Å². The minimum absolute atomic E-state index is 0.251. The Balaban J connectivity index is 1.50. The summed E-state index contributed by atoms with van der Waals surface area (Å²) in [5.74, 6) is 0.424. The van der Waals surface area contributed by atoms with Gasteiger partial charge in [0.25, 0.3) is 5.91 Å². The molecule has 0 aliphatic carbocycles. The second-order valence-corrected chi connectivity index (χ2v) is 6.27. The first-order chi connectivity index (χ1) is 13.3. The van der Waals surface area contributed by atoms with Crippen LogP contribution in [0.25, 0.3) is 0 Å². The molecule has 0 fully saturated rings. The van der Waals surface area contributed by atoms with Crippen molar-refractivity contribution < 1.29 is 4.79 Å². The maximum absolute atomic E-state index is 12.4. The summed E-state index contributed by atoms with van der Waals surface area (Å²) in [4.78, 5) is 20.9. The fourth-order valence-corrected chi connectivity index (χ4v) is 2.83. The zero-order valence-electron chi connectivity index (χ0n) is 15.5. The van der Waals surface area contributed by atoms with Crippen molar-refractivity contribution in [3.8, 4) is 0 Å². The average Bonchev–Trinajstić information content (AvgIpc) is 2.73. The van der Waals surface area contributed by atoms with Crippen LogP contribution in [-0.4, -0.2) is 22.4 Å². The van der Waals surface area contributed by atoms with Gasteiger partial charge in [0.15, 0.2) is 0 Å². The van der Waals surface area contributed by atoms with E-state index in [0.717, 1.165) is 37.1 Å². The van der Waals surface area contributed by atoms with E-state index >= 15 is 0 Å². The molecule has 27 heavy (non-hydrogen) atoms. The number of aryl methyl sites for hydroxylation is 2. The fraction of sp³-hybridized carbons (Fsp3) is 0.227. The van der Waals surface area contributed by atoms with E-state index in [-0.39, 0.29) is 5.91 Å². The number of amides is 1. The molecule has 0 saturated heterocycles. The van der Waals surface area contributed by atoms with E-state index in [4.69, 9.17) is 0 Å². The van der Waals surface area contributed by atoms with Crippen LogP contribution in [0.1, 0.15) is 35.0 Å². The van der Waals surface area contributed by atoms with Crippen molar-refractivity contribution in [1.82, 2.24) is 9.97 Å². The maximum atomic E-state index is 12.4. The van der Waals surface area contributed by atoms with Crippen molar-refractivity contribution >= 4 is 17.4 Å². The van der Waals surface area contributed by atoms with Gasteiger partial charge in [-0.2, -0.15) is 0 Å². The zero-order valence-corrected chi connectivity index (χ0v) is 15.5. The van der Waals surface area contributed by atoms with E-state index in [1.807, 2.05) is 30.3 Å². The Morgan fingerprint density at radius 3 is 2.48 bits per heavy atom. The molecule has 1 heterocycles. The van der Waals surface area contributed by atoms with Crippen molar-refractivity contribution in [2.24, 2.45) is 0 Å². The molecule has 0 saturated carbocycles. The first-order valence-electron chi connectivity index (χ1n) is 9.25. The Hall–Kier alpha value is -3.21. The predicted octanol–water partition coefficient (Wildman–Crippen LogP) is 4.34. The molecule has 3 rings (SSSR count). The molecule has 1 aromatic heterocycles. The molecule has 0 radical (unpaired) electrons. The van der Waals surface area contributed by atoms with Gasteiger partial charge in [-0.25, -0.2) is 9.97 Å². The van der Waals surface area contributed by atoms with Gasteiger partial charge >= 0.3 is 0 Å². The quantitative estimate of drug-likeness (QED) is 0.587. The molecule has 0 aliphatic rings. The van der Waals surface area contributed by atoms with Crippen molar-refractivity contribution in [1.29, 1.82) is 0 Å². The Morgan fingerprint density at radius 2 is 1.74 bits per heavy atom. The van der Waals surface area contributed by atoms with Gasteiger partial charge in [-0.15, -0.1) is 0 Å². The third-order valence-electron chi connectivity index (χ3n) is 4.32. The SMILES string of the molecule is CCc1ccccc1NC(=O)c1cnc(NCCCc2ccccc2)cn1. The Kier molecular flexibility index (Phi) is 6.52. The third kappa shape index (κ3) is 5.38. The summed E-state index contributed by atoms with van der Waals surface area (Å²) in [6, 6.07) is 18.2. The Bertz CT molecular complexity index is 863. The van der Waals surface area contributed by atoms with Crippen LogP contribution < -0.4 is 10.6 Å². The van der Waals surface area contributed by atoms with E-state index < -0.39 is 0 Å². The lowest BCUT2D eigenvalue weighted by molar-refractivity contribution is 0.102. The molecule has 5 nitrogen and oxygen atoms in total. The summed E-state index contributed by atoms with van der Waals surface area (Å²) in [5.41, 5.74) is 3.53. The molecular formula is C22H24N4O. The highest BCUT2D eigenvalue weighted by molar-refractivity contribution is 6.03. The molecule has 138 valence electrons. The number of nitrogens with zero attached hydrogens (tertiary/aromatic N) is 2. The van der Waals surface area contributed by atoms with Gasteiger partial charge in [0.1, 0.15) is 11.5 Å². The van der Waals surface area contributed by atoms with E-state index in [1.54, 1.807) is 6.20 Å². The molecule has 5 heteroatoms. The maximum Gasteiger partial charge on any atom is 0.275 e. The highest BCUT2D eigenvalue weighted by atomic mass is 16.1.